The van der Waals surface area contributed by atoms with E-state index in [0.29, 0.717) is 12.8 Å². The third kappa shape index (κ3) is 4.52. The van der Waals surface area contributed by atoms with Crippen molar-refractivity contribution >= 4 is 12.0 Å². The molecule has 0 saturated carbocycles. The lowest BCUT2D eigenvalue weighted by molar-refractivity contribution is -0.119. The van der Waals surface area contributed by atoms with E-state index in [2.05, 4.69) is 5.32 Å². The summed E-state index contributed by atoms with van der Waals surface area (Å²) in [6.45, 7) is 5.91. The van der Waals surface area contributed by atoms with E-state index in [-0.39, 0.29) is 12.5 Å². The van der Waals surface area contributed by atoms with Crippen molar-refractivity contribution in [1.29, 1.82) is 0 Å². The van der Waals surface area contributed by atoms with Crippen LogP contribution in [0.1, 0.15) is 37.8 Å². The molecule has 0 aliphatic rings. The second-order valence-corrected chi connectivity index (χ2v) is 4.88. The van der Waals surface area contributed by atoms with Gasteiger partial charge in [0.1, 0.15) is 0 Å². The minimum Gasteiger partial charge on any atom is -0.394 e. The number of carbonyl (C=O) groups excluding carboxylic acids is 1. The number of carbonyl (C=O) groups is 1. The maximum absolute atomic E-state index is 11.9. The van der Waals surface area contributed by atoms with Crippen LogP contribution in [0.15, 0.2) is 30.3 Å². The van der Waals surface area contributed by atoms with Gasteiger partial charge in [0.2, 0.25) is 5.91 Å². The summed E-state index contributed by atoms with van der Waals surface area (Å²) >= 11 is 0. The molecule has 0 heterocycles. The summed E-state index contributed by atoms with van der Waals surface area (Å²) in [6.07, 6.45) is 4.72. The molecular weight excluding hydrogens is 238 g/mol. The average Bonchev–Trinajstić information content (AvgIpc) is 2.44. The quantitative estimate of drug-likeness (QED) is 0.773. The molecule has 0 atom stereocenters. The lowest BCUT2D eigenvalue weighted by Crippen LogP contribution is -2.49. The number of nitrogens with one attached hydrogen (secondary N) is 1. The van der Waals surface area contributed by atoms with Gasteiger partial charge < -0.3 is 10.4 Å². The number of aliphatic hydroxyl groups excluding tert-OH is 1. The maximum atomic E-state index is 11.9. The Labute approximate surface area is 115 Å². The lowest BCUT2D eigenvalue weighted by Gasteiger charge is -2.30. The number of benzene rings is 1. The zero-order valence-corrected chi connectivity index (χ0v) is 11.9. The minimum atomic E-state index is -0.505. The largest absolute Gasteiger partial charge is 0.394 e. The Morgan fingerprint density at radius 1 is 1.26 bits per heavy atom. The third-order valence-corrected chi connectivity index (χ3v) is 3.55. The Bertz CT molecular complexity index is 422. The SMILES string of the molecule is CCC(CC)(CO)NC(=O)C=Cc1ccc(C)cc1. The molecule has 0 radical (unpaired) electrons. The Balaban J connectivity index is 2.66. The second kappa shape index (κ2) is 7.10. The van der Waals surface area contributed by atoms with Crippen molar-refractivity contribution in [2.24, 2.45) is 0 Å². The minimum absolute atomic E-state index is 0.0376. The fourth-order valence-electron chi connectivity index (χ4n) is 1.84. The second-order valence-electron chi connectivity index (χ2n) is 4.88. The van der Waals surface area contributed by atoms with Crippen molar-refractivity contribution < 1.29 is 9.90 Å². The molecule has 0 aliphatic heterocycles. The molecule has 0 unspecified atom stereocenters. The number of aliphatic hydroxyl groups is 1. The Morgan fingerprint density at radius 3 is 2.32 bits per heavy atom. The molecule has 1 aromatic rings. The summed E-state index contributed by atoms with van der Waals surface area (Å²) in [6, 6.07) is 7.96. The molecule has 2 N–H and O–H groups in total. The highest BCUT2D eigenvalue weighted by Gasteiger charge is 2.26. The van der Waals surface area contributed by atoms with Crippen molar-refractivity contribution in [3.05, 3.63) is 41.5 Å². The fourth-order valence-corrected chi connectivity index (χ4v) is 1.84. The van der Waals surface area contributed by atoms with Gasteiger partial charge in [-0.3, -0.25) is 4.79 Å². The molecule has 1 rings (SSSR count). The van der Waals surface area contributed by atoms with Gasteiger partial charge in [-0.1, -0.05) is 43.7 Å². The van der Waals surface area contributed by atoms with Crippen molar-refractivity contribution in [3.63, 3.8) is 0 Å². The third-order valence-electron chi connectivity index (χ3n) is 3.55. The summed E-state index contributed by atoms with van der Waals surface area (Å²) in [7, 11) is 0. The topological polar surface area (TPSA) is 49.3 Å². The normalized spacial score (nSPS) is 11.8. The molecule has 19 heavy (non-hydrogen) atoms. The zero-order chi connectivity index (χ0) is 14.3. The molecule has 1 aromatic carbocycles. The van der Waals surface area contributed by atoms with E-state index < -0.39 is 5.54 Å². The number of amides is 1. The monoisotopic (exact) mass is 261 g/mol. The highest BCUT2D eigenvalue weighted by atomic mass is 16.3. The predicted molar refractivity (Wildman–Crippen MR) is 78.8 cm³/mol. The highest BCUT2D eigenvalue weighted by molar-refractivity contribution is 5.92. The molecule has 0 aliphatic carbocycles. The molecule has 104 valence electrons. The van der Waals surface area contributed by atoms with Gasteiger partial charge in [-0.2, -0.15) is 0 Å². The molecule has 1 amide bonds. The van der Waals surface area contributed by atoms with Crippen molar-refractivity contribution in [2.75, 3.05) is 6.61 Å². The van der Waals surface area contributed by atoms with Crippen LogP contribution >= 0.6 is 0 Å². The number of hydrogen-bond acceptors (Lipinski definition) is 2. The summed E-state index contributed by atoms with van der Waals surface area (Å²) in [5.41, 5.74) is 1.68. The predicted octanol–water partition coefficient (Wildman–Crippen LogP) is 2.68. The molecule has 0 saturated heterocycles. The van der Waals surface area contributed by atoms with Gasteiger partial charge in [0, 0.05) is 6.08 Å². The van der Waals surface area contributed by atoms with E-state index >= 15 is 0 Å². The first kappa shape index (κ1) is 15.4. The van der Waals surface area contributed by atoms with Gasteiger partial charge in [0.15, 0.2) is 0 Å². The van der Waals surface area contributed by atoms with Gasteiger partial charge in [0.05, 0.1) is 12.1 Å². The molecule has 3 nitrogen and oxygen atoms in total. The molecule has 0 aromatic heterocycles. The van der Waals surface area contributed by atoms with Gasteiger partial charge in [-0.15, -0.1) is 0 Å². The number of hydrogen-bond donors (Lipinski definition) is 2. The van der Waals surface area contributed by atoms with E-state index in [9.17, 15) is 9.90 Å². The first-order valence-electron chi connectivity index (χ1n) is 6.73. The molecular formula is C16H23NO2. The van der Waals surface area contributed by atoms with Crippen LogP contribution in [-0.2, 0) is 4.79 Å². The van der Waals surface area contributed by atoms with E-state index in [1.165, 1.54) is 11.6 Å². The van der Waals surface area contributed by atoms with Crippen LogP contribution in [-0.4, -0.2) is 23.2 Å². The highest BCUT2D eigenvalue weighted by Crippen LogP contribution is 2.14. The molecule has 0 bridgehead atoms. The van der Waals surface area contributed by atoms with E-state index in [4.69, 9.17) is 0 Å². The Morgan fingerprint density at radius 2 is 1.84 bits per heavy atom. The van der Waals surface area contributed by atoms with Gasteiger partial charge in [-0.25, -0.2) is 0 Å². The Hall–Kier alpha value is -1.61. The summed E-state index contributed by atoms with van der Waals surface area (Å²) in [5.74, 6) is -0.168. The number of aryl methyl sites for hydroxylation is 1. The van der Waals surface area contributed by atoms with E-state index in [1.54, 1.807) is 6.08 Å². The van der Waals surface area contributed by atoms with Crippen molar-refractivity contribution in [2.45, 2.75) is 39.2 Å². The summed E-state index contributed by atoms with van der Waals surface area (Å²) in [5, 5.41) is 12.3. The van der Waals surface area contributed by atoms with Gasteiger partial charge in [0.25, 0.3) is 0 Å². The molecule has 0 fully saturated rings. The molecule has 0 spiro atoms. The van der Waals surface area contributed by atoms with Crippen LogP contribution in [0, 0.1) is 6.92 Å². The average molecular weight is 261 g/mol. The fraction of sp³-hybridized carbons (Fsp3) is 0.438. The van der Waals surface area contributed by atoms with Crippen LogP contribution in [0.4, 0.5) is 0 Å². The first-order valence-corrected chi connectivity index (χ1v) is 6.73. The van der Waals surface area contributed by atoms with Crippen LogP contribution in [0.2, 0.25) is 0 Å². The van der Waals surface area contributed by atoms with Crippen LogP contribution in [0.25, 0.3) is 6.08 Å². The lowest BCUT2D eigenvalue weighted by atomic mass is 9.94. The maximum Gasteiger partial charge on any atom is 0.244 e. The molecule has 3 heteroatoms. The van der Waals surface area contributed by atoms with E-state index in [1.807, 2.05) is 45.0 Å². The first-order chi connectivity index (χ1) is 9.05. The standard InChI is InChI=1S/C16H23NO2/c1-4-16(5-2,12-18)17-15(19)11-10-14-8-6-13(3)7-9-14/h6-11,18H,4-5,12H2,1-3H3,(H,17,19). The van der Waals surface area contributed by atoms with E-state index in [0.717, 1.165) is 5.56 Å². The van der Waals surface area contributed by atoms with Crippen molar-refractivity contribution in [3.8, 4) is 0 Å². The van der Waals surface area contributed by atoms with Crippen LogP contribution in [0.5, 0.6) is 0 Å². The smallest absolute Gasteiger partial charge is 0.244 e. The van der Waals surface area contributed by atoms with Crippen LogP contribution in [0.3, 0.4) is 0 Å². The van der Waals surface area contributed by atoms with Crippen LogP contribution < -0.4 is 5.32 Å². The summed E-state index contributed by atoms with van der Waals surface area (Å²) in [4.78, 5) is 11.9. The van der Waals surface area contributed by atoms with Crippen molar-refractivity contribution in [1.82, 2.24) is 5.32 Å². The zero-order valence-electron chi connectivity index (χ0n) is 11.9. The summed E-state index contributed by atoms with van der Waals surface area (Å²) < 4.78 is 0. The van der Waals surface area contributed by atoms with Gasteiger partial charge in [-0.05, 0) is 31.4 Å². The number of rotatable bonds is 6. The Kier molecular flexibility index (Phi) is 5.77. The van der Waals surface area contributed by atoms with Gasteiger partial charge >= 0.3 is 0 Å².